The van der Waals surface area contributed by atoms with Gasteiger partial charge in [-0.2, -0.15) is 0 Å². The summed E-state index contributed by atoms with van der Waals surface area (Å²) in [7, 11) is 0. The third kappa shape index (κ3) is 7.37. The molecule has 30 heavy (non-hydrogen) atoms. The van der Waals surface area contributed by atoms with Crippen molar-refractivity contribution in [1.29, 1.82) is 0 Å². The molecule has 0 aromatic heterocycles. The number of nitrogens with one attached hydrogen (secondary N) is 1. The Morgan fingerprint density at radius 1 is 0.767 bits per heavy atom. The van der Waals surface area contributed by atoms with E-state index in [9.17, 15) is 4.79 Å². The molecule has 1 amide bonds. The number of nitrogens with two attached hydrogens (primary N) is 1. The van der Waals surface area contributed by atoms with Gasteiger partial charge >= 0.3 is 0 Å². The van der Waals surface area contributed by atoms with Crippen molar-refractivity contribution >= 4 is 23.2 Å². The lowest BCUT2D eigenvalue weighted by Gasteiger charge is -2.21. The first-order valence-corrected chi connectivity index (χ1v) is 11.7. The minimum Gasteiger partial charge on any atom is -0.399 e. The number of hydrogen-bond donors (Lipinski definition) is 2. The van der Waals surface area contributed by atoms with Gasteiger partial charge < -0.3 is 11.1 Å². The van der Waals surface area contributed by atoms with Crippen LogP contribution in [0.5, 0.6) is 0 Å². The molecule has 0 aliphatic heterocycles. The summed E-state index contributed by atoms with van der Waals surface area (Å²) in [4.78, 5) is 13.4. The molecule has 3 heteroatoms. The Balaban J connectivity index is 1.74. The van der Waals surface area contributed by atoms with E-state index in [1.807, 2.05) is 60.7 Å². The first-order chi connectivity index (χ1) is 14.7. The van der Waals surface area contributed by atoms with E-state index in [-0.39, 0.29) is 11.9 Å². The van der Waals surface area contributed by atoms with Crippen LogP contribution in [0.15, 0.2) is 54.6 Å². The van der Waals surface area contributed by atoms with E-state index in [0.717, 1.165) is 29.7 Å². The van der Waals surface area contributed by atoms with Crippen LogP contribution in [0.3, 0.4) is 0 Å². The van der Waals surface area contributed by atoms with Crippen molar-refractivity contribution in [2.24, 2.45) is 0 Å². The van der Waals surface area contributed by atoms with E-state index in [2.05, 4.69) is 5.32 Å². The Kier molecular flexibility index (Phi) is 9.02. The first kappa shape index (κ1) is 22.1. The second-order valence-electron chi connectivity index (χ2n) is 8.52. The van der Waals surface area contributed by atoms with E-state index in [0.29, 0.717) is 5.57 Å². The van der Waals surface area contributed by atoms with Crippen molar-refractivity contribution < 1.29 is 4.79 Å². The maximum absolute atomic E-state index is 13.4. The van der Waals surface area contributed by atoms with Gasteiger partial charge in [0.15, 0.2) is 0 Å². The fraction of sp³-hybridized carbons (Fsp3) is 0.444. The summed E-state index contributed by atoms with van der Waals surface area (Å²) >= 11 is 0. The molecular formula is C27H36N2O. The fourth-order valence-corrected chi connectivity index (χ4v) is 4.23. The summed E-state index contributed by atoms with van der Waals surface area (Å²) in [5, 5.41) is 3.37. The molecule has 1 saturated carbocycles. The summed E-state index contributed by atoms with van der Waals surface area (Å²) in [5.74, 6) is 0.0233. The average molecular weight is 405 g/mol. The number of amides is 1. The van der Waals surface area contributed by atoms with Crippen molar-refractivity contribution in [1.82, 2.24) is 5.32 Å². The zero-order valence-corrected chi connectivity index (χ0v) is 18.1. The third-order valence-electron chi connectivity index (χ3n) is 6.02. The van der Waals surface area contributed by atoms with Gasteiger partial charge in [0.25, 0.3) is 5.91 Å². The van der Waals surface area contributed by atoms with Crippen LogP contribution in [-0.4, -0.2) is 11.9 Å². The first-order valence-electron chi connectivity index (χ1n) is 11.7. The van der Waals surface area contributed by atoms with Crippen molar-refractivity contribution in [2.45, 2.75) is 76.7 Å². The Hall–Kier alpha value is -2.55. The second-order valence-corrected chi connectivity index (χ2v) is 8.52. The third-order valence-corrected chi connectivity index (χ3v) is 6.02. The highest BCUT2D eigenvalue weighted by atomic mass is 16.1. The van der Waals surface area contributed by atoms with Crippen molar-refractivity contribution in [2.75, 3.05) is 5.73 Å². The molecule has 3 N–H and O–H groups in total. The monoisotopic (exact) mass is 404 g/mol. The van der Waals surface area contributed by atoms with Gasteiger partial charge in [-0.15, -0.1) is 0 Å². The molecule has 0 saturated heterocycles. The normalized spacial score (nSPS) is 17.5. The number of carbonyl (C=O) groups excluding carboxylic acids is 1. The van der Waals surface area contributed by atoms with Crippen molar-refractivity contribution in [3.63, 3.8) is 0 Å². The summed E-state index contributed by atoms with van der Waals surface area (Å²) in [6, 6.07) is 17.9. The average Bonchev–Trinajstić information content (AvgIpc) is 2.76. The van der Waals surface area contributed by atoms with Crippen LogP contribution >= 0.6 is 0 Å². The topological polar surface area (TPSA) is 55.1 Å². The van der Waals surface area contributed by atoms with Gasteiger partial charge in [-0.3, -0.25) is 4.79 Å². The van der Waals surface area contributed by atoms with Crippen LogP contribution in [0.1, 0.15) is 81.8 Å². The summed E-state index contributed by atoms with van der Waals surface area (Å²) in [5.41, 5.74) is 9.19. The molecule has 0 atom stereocenters. The van der Waals surface area contributed by atoms with Crippen LogP contribution in [-0.2, 0) is 4.79 Å². The predicted octanol–water partition coefficient (Wildman–Crippen LogP) is 6.60. The SMILES string of the molecule is Nc1ccc(/C=C(/C(=O)NC2CCCCCCCCCCC2)c2ccccc2)cc1. The molecule has 0 unspecified atom stereocenters. The largest absolute Gasteiger partial charge is 0.399 e. The van der Waals surface area contributed by atoms with E-state index in [1.165, 1.54) is 57.8 Å². The van der Waals surface area contributed by atoms with E-state index >= 15 is 0 Å². The molecule has 0 spiro atoms. The molecule has 1 aliphatic carbocycles. The number of benzene rings is 2. The van der Waals surface area contributed by atoms with Crippen molar-refractivity contribution in [3.05, 3.63) is 65.7 Å². The van der Waals surface area contributed by atoms with Gasteiger partial charge in [-0.05, 0) is 42.2 Å². The van der Waals surface area contributed by atoms with E-state index in [4.69, 9.17) is 5.73 Å². The van der Waals surface area contributed by atoms with Gasteiger partial charge in [-0.25, -0.2) is 0 Å². The second kappa shape index (κ2) is 12.2. The van der Waals surface area contributed by atoms with Gasteiger partial charge in [-0.1, -0.05) is 100 Å². The van der Waals surface area contributed by atoms with Crippen LogP contribution < -0.4 is 11.1 Å². The quantitative estimate of drug-likeness (QED) is 0.343. The number of carbonyl (C=O) groups is 1. The molecule has 1 fully saturated rings. The Morgan fingerprint density at radius 2 is 1.30 bits per heavy atom. The highest BCUT2D eigenvalue weighted by Gasteiger charge is 2.17. The van der Waals surface area contributed by atoms with Gasteiger partial charge in [0.05, 0.1) is 0 Å². The minimum absolute atomic E-state index is 0.0233. The summed E-state index contributed by atoms with van der Waals surface area (Å²) < 4.78 is 0. The maximum Gasteiger partial charge on any atom is 0.252 e. The fourth-order valence-electron chi connectivity index (χ4n) is 4.23. The van der Waals surface area contributed by atoms with E-state index in [1.54, 1.807) is 0 Å². The predicted molar refractivity (Wildman–Crippen MR) is 128 cm³/mol. The van der Waals surface area contributed by atoms with Crippen LogP contribution in [0, 0.1) is 0 Å². The standard InChI is InChI=1S/C27H36N2O/c28-24-19-17-22(18-20-24)21-26(23-13-9-8-10-14-23)27(30)29-25-15-11-6-4-2-1-3-5-7-12-16-25/h8-10,13-14,17-21,25H,1-7,11-12,15-16,28H2,(H,29,30)/b26-21+. The molecule has 0 heterocycles. The number of rotatable bonds is 4. The maximum atomic E-state index is 13.4. The lowest BCUT2D eigenvalue weighted by molar-refractivity contribution is -0.116. The lowest BCUT2D eigenvalue weighted by Crippen LogP contribution is -2.35. The highest BCUT2D eigenvalue weighted by molar-refractivity contribution is 6.24. The number of nitrogen functional groups attached to an aromatic ring is 1. The van der Waals surface area contributed by atoms with Gasteiger partial charge in [0.1, 0.15) is 0 Å². The highest BCUT2D eigenvalue weighted by Crippen LogP contribution is 2.22. The molecule has 3 nitrogen and oxygen atoms in total. The lowest BCUT2D eigenvalue weighted by atomic mass is 9.96. The summed E-state index contributed by atoms with van der Waals surface area (Å²) in [6.07, 6.45) is 15.8. The number of hydrogen-bond acceptors (Lipinski definition) is 2. The molecule has 0 radical (unpaired) electrons. The zero-order chi connectivity index (χ0) is 21.0. The molecule has 2 aromatic carbocycles. The number of anilines is 1. The molecule has 0 bridgehead atoms. The Morgan fingerprint density at radius 3 is 1.87 bits per heavy atom. The van der Waals surface area contributed by atoms with Crippen LogP contribution in [0.25, 0.3) is 11.6 Å². The van der Waals surface area contributed by atoms with Gasteiger partial charge in [0, 0.05) is 17.3 Å². The van der Waals surface area contributed by atoms with E-state index < -0.39 is 0 Å². The summed E-state index contributed by atoms with van der Waals surface area (Å²) in [6.45, 7) is 0. The zero-order valence-electron chi connectivity index (χ0n) is 18.1. The van der Waals surface area contributed by atoms with Crippen LogP contribution in [0.4, 0.5) is 5.69 Å². The molecule has 2 aromatic rings. The molecule has 3 rings (SSSR count). The molecule has 160 valence electrons. The Bertz CT molecular complexity index is 783. The minimum atomic E-state index is 0.0233. The van der Waals surface area contributed by atoms with Crippen LogP contribution in [0.2, 0.25) is 0 Å². The smallest absolute Gasteiger partial charge is 0.252 e. The van der Waals surface area contributed by atoms with Crippen molar-refractivity contribution in [3.8, 4) is 0 Å². The molecular weight excluding hydrogens is 368 g/mol. The Labute approximate surface area is 181 Å². The molecule has 1 aliphatic rings. The van der Waals surface area contributed by atoms with Gasteiger partial charge in [0.2, 0.25) is 0 Å².